The fraction of sp³-hybridized carbons (Fsp3) is 0.900. The minimum atomic E-state index is -0.858. The third-order valence-corrected chi connectivity index (χ3v) is 5.78. The fourth-order valence-corrected chi connectivity index (χ4v) is 4.33. The molecule has 1 N–H and O–H groups in total. The van der Waals surface area contributed by atoms with Gasteiger partial charge in [0, 0.05) is 0 Å². The van der Waals surface area contributed by atoms with Gasteiger partial charge in [-0.25, -0.2) is 0 Å². The molecule has 0 aromatic heterocycles. The zero-order valence-corrected chi connectivity index (χ0v) is 12.6. The summed E-state index contributed by atoms with van der Waals surface area (Å²) in [4.78, 5) is 11.1. The zero-order valence-electron chi connectivity index (χ0n) is 8.94. The average molecular weight is 310 g/mol. The molecule has 2 nitrogen and oxygen atoms in total. The van der Waals surface area contributed by atoms with E-state index in [9.17, 15) is 4.79 Å². The van der Waals surface area contributed by atoms with Gasteiger partial charge in [0.05, 0.1) is 0 Å². The predicted octanol–water partition coefficient (Wildman–Crippen LogP) is 2.90. The summed E-state index contributed by atoms with van der Waals surface area (Å²) in [6.45, 7) is 4.28. The van der Waals surface area contributed by atoms with Crippen molar-refractivity contribution in [3.63, 3.8) is 0 Å². The molecule has 0 fully saturated rings. The average Bonchev–Trinajstić information content (AvgIpc) is 2.11. The summed E-state index contributed by atoms with van der Waals surface area (Å²) in [6, 6.07) is 0. The first-order chi connectivity index (χ1) is 6.31. The summed E-state index contributed by atoms with van der Waals surface area (Å²) in [7, 11) is 0. The SMILES string of the molecule is CCCCC[CH2][La][NH]C(=O)CCC. The molecule has 0 heterocycles. The first-order valence-electron chi connectivity index (χ1n) is 5.42. The molecule has 0 bridgehead atoms. The van der Waals surface area contributed by atoms with Gasteiger partial charge in [0.15, 0.2) is 0 Å². The Morgan fingerprint density at radius 3 is 2.54 bits per heavy atom. The molecule has 0 atom stereocenters. The van der Waals surface area contributed by atoms with Gasteiger partial charge in [-0.15, -0.1) is 0 Å². The number of amides is 1. The second-order valence-electron chi connectivity index (χ2n) is 3.37. The second kappa shape index (κ2) is 10.7. The van der Waals surface area contributed by atoms with Gasteiger partial charge in [-0.2, -0.15) is 0 Å². The van der Waals surface area contributed by atoms with Crippen molar-refractivity contribution in [3.8, 4) is 0 Å². The van der Waals surface area contributed by atoms with Gasteiger partial charge >= 0.3 is 100 Å². The Hall–Kier alpha value is 0.665. The Balaban J connectivity index is 3.02. The van der Waals surface area contributed by atoms with Crippen molar-refractivity contribution in [2.24, 2.45) is 0 Å². The zero-order chi connectivity index (χ0) is 9.94. The van der Waals surface area contributed by atoms with E-state index in [1.165, 1.54) is 28.5 Å². The van der Waals surface area contributed by atoms with Crippen molar-refractivity contribution in [2.75, 3.05) is 0 Å². The number of hydrogen-bond acceptors (Lipinski definition) is 1. The Morgan fingerprint density at radius 1 is 1.15 bits per heavy atom. The topological polar surface area (TPSA) is 29.1 Å². The molecule has 0 saturated carbocycles. The molecule has 0 rings (SSSR count). The first kappa shape index (κ1) is 13.7. The fourth-order valence-electron chi connectivity index (χ4n) is 1.16. The van der Waals surface area contributed by atoms with E-state index in [0.29, 0.717) is 5.91 Å². The van der Waals surface area contributed by atoms with Crippen molar-refractivity contribution in [3.05, 3.63) is 0 Å². The van der Waals surface area contributed by atoms with Crippen LogP contribution in [0.1, 0.15) is 52.4 Å². The van der Waals surface area contributed by atoms with Gasteiger partial charge in [0.2, 0.25) is 0 Å². The molecule has 0 spiro atoms. The van der Waals surface area contributed by atoms with Crippen LogP contribution in [0.3, 0.4) is 0 Å². The number of carbonyl (C=O) groups is 1. The molecule has 0 unspecified atom stereocenters. The molecule has 0 aliphatic carbocycles. The first-order valence-corrected chi connectivity index (χ1v) is 9.80. The van der Waals surface area contributed by atoms with E-state index in [2.05, 4.69) is 15.9 Å². The molecular formula is C10H21LaNO. The van der Waals surface area contributed by atoms with Crippen LogP contribution in [-0.4, -0.2) is 5.91 Å². The molecule has 0 aromatic rings. The van der Waals surface area contributed by atoms with E-state index in [4.69, 9.17) is 0 Å². The third-order valence-electron chi connectivity index (χ3n) is 1.94. The molecule has 0 aliphatic heterocycles. The van der Waals surface area contributed by atoms with Crippen molar-refractivity contribution in [2.45, 2.75) is 55.2 Å². The molecule has 3 heteroatoms. The van der Waals surface area contributed by atoms with Crippen LogP contribution in [0, 0.1) is 32.2 Å². The van der Waals surface area contributed by atoms with Crippen LogP contribution in [0.2, 0.25) is 2.82 Å². The Kier molecular flexibility index (Phi) is 11.3. The van der Waals surface area contributed by atoms with Gasteiger partial charge in [-0.05, 0) is 0 Å². The Morgan fingerprint density at radius 2 is 1.92 bits per heavy atom. The van der Waals surface area contributed by atoms with E-state index in [1.54, 1.807) is 0 Å². The monoisotopic (exact) mass is 310 g/mol. The summed E-state index contributed by atoms with van der Waals surface area (Å²) in [6.07, 6.45) is 7.07. The van der Waals surface area contributed by atoms with Gasteiger partial charge in [0.1, 0.15) is 0 Å². The molecule has 1 amide bonds. The summed E-state index contributed by atoms with van der Waals surface area (Å²) in [5.41, 5.74) is 0. The molecule has 13 heavy (non-hydrogen) atoms. The van der Waals surface area contributed by atoms with Crippen molar-refractivity contribution in [1.29, 1.82) is 0 Å². The van der Waals surface area contributed by atoms with Crippen molar-refractivity contribution in [1.82, 2.24) is 2.08 Å². The molecule has 0 aliphatic rings. The second-order valence-corrected chi connectivity index (χ2v) is 7.37. The number of hydrogen-bond donors (Lipinski definition) is 1. The quantitative estimate of drug-likeness (QED) is 0.686. The van der Waals surface area contributed by atoms with Gasteiger partial charge in [-0.3, -0.25) is 0 Å². The van der Waals surface area contributed by atoms with E-state index in [0.717, 1.165) is 12.8 Å². The number of unbranched alkanes of at least 4 members (excludes halogenated alkanes) is 3. The standard InChI is InChI=1S/C6H13.C4H9NO.La/c1-3-5-6-4-2;1-2-3-4(5)6;/h1,3-6H2,2H3;2-3H2,1H3,(H2,5,6);/q;;+1/p-1. The van der Waals surface area contributed by atoms with Gasteiger partial charge in [0.25, 0.3) is 0 Å². The Bertz CT molecular complexity index is 128. The van der Waals surface area contributed by atoms with Crippen LogP contribution in [0.25, 0.3) is 0 Å². The molecular weight excluding hydrogens is 289 g/mol. The van der Waals surface area contributed by atoms with Gasteiger partial charge < -0.3 is 0 Å². The van der Waals surface area contributed by atoms with Crippen LogP contribution >= 0.6 is 0 Å². The molecule has 0 saturated heterocycles. The number of nitrogens with one attached hydrogen (secondary N) is 1. The number of rotatable bonds is 8. The van der Waals surface area contributed by atoms with E-state index < -0.39 is 32.2 Å². The van der Waals surface area contributed by atoms with Crippen molar-refractivity contribution >= 4 is 5.91 Å². The van der Waals surface area contributed by atoms with E-state index in [1.807, 2.05) is 0 Å². The third kappa shape index (κ3) is 10.6. The summed E-state index contributed by atoms with van der Waals surface area (Å²) in [5, 5.41) is 0. The van der Waals surface area contributed by atoms with Crippen LogP contribution in [0.4, 0.5) is 0 Å². The van der Waals surface area contributed by atoms with Gasteiger partial charge in [-0.1, -0.05) is 0 Å². The number of carbonyl (C=O) groups excluding carboxylic acids is 1. The minimum absolute atomic E-state index is 0.299. The normalized spacial score (nSPS) is 9.38. The van der Waals surface area contributed by atoms with Crippen LogP contribution in [-0.2, 0) is 4.79 Å². The van der Waals surface area contributed by atoms with Crippen LogP contribution in [0.5, 0.6) is 0 Å². The Labute approximate surface area is 99.5 Å². The van der Waals surface area contributed by atoms with E-state index in [-0.39, 0.29) is 0 Å². The maximum atomic E-state index is 11.1. The summed E-state index contributed by atoms with van der Waals surface area (Å²) >= 11 is -0.858. The molecule has 0 aromatic carbocycles. The van der Waals surface area contributed by atoms with Crippen molar-refractivity contribution < 1.29 is 37.0 Å². The van der Waals surface area contributed by atoms with Crippen LogP contribution < -0.4 is 2.08 Å². The summed E-state index contributed by atoms with van der Waals surface area (Å²) in [5.74, 6) is 0.299. The molecule has 0 radical (unpaired) electrons. The maximum absolute atomic E-state index is 11.1. The molecule has 75 valence electrons. The van der Waals surface area contributed by atoms with Crippen LogP contribution in [0.15, 0.2) is 0 Å². The summed E-state index contributed by atoms with van der Waals surface area (Å²) < 4.78 is 4.47. The predicted molar refractivity (Wildman–Crippen MR) is 52.0 cm³/mol. The van der Waals surface area contributed by atoms with E-state index >= 15 is 0 Å².